The standard InChI is InChI=1S/C20H28N4O2/c1-23(20(25)12-16-6-8-21-9-7-16)10-11-26-19-5-3-4-17(13-19)18-14-22-24(2)15-18/h3-5,13-16,21H,6-12H2,1-2H3. The fourth-order valence-corrected chi connectivity index (χ4v) is 3.25. The van der Waals surface area contributed by atoms with Crippen LogP contribution in [-0.2, 0) is 11.8 Å². The van der Waals surface area contributed by atoms with E-state index in [4.69, 9.17) is 4.74 Å². The molecule has 0 saturated carbocycles. The molecule has 0 radical (unpaired) electrons. The number of carbonyl (C=O) groups excluding carboxylic acids is 1. The molecular formula is C20H28N4O2. The zero-order valence-corrected chi connectivity index (χ0v) is 15.6. The number of ether oxygens (including phenoxy) is 1. The lowest BCUT2D eigenvalue weighted by atomic mass is 9.94. The maximum atomic E-state index is 12.3. The highest BCUT2D eigenvalue weighted by atomic mass is 16.5. The summed E-state index contributed by atoms with van der Waals surface area (Å²) in [4.78, 5) is 14.1. The van der Waals surface area contributed by atoms with Crippen molar-refractivity contribution >= 4 is 5.91 Å². The van der Waals surface area contributed by atoms with Gasteiger partial charge in [0.25, 0.3) is 0 Å². The quantitative estimate of drug-likeness (QED) is 0.827. The summed E-state index contributed by atoms with van der Waals surface area (Å²) in [5.74, 6) is 1.54. The highest BCUT2D eigenvalue weighted by Gasteiger charge is 2.19. The van der Waals surface area contributed by atoms with Gasteiger partial charge < -0.3 is 15.0 Å². The zero-order chi connectivity index (χ0) is 18.4. The number of carbonyl (C=O) groups is 1. The van der Waals surface area contributed by atoms with Crippen LogP contribution >= 0.6 is 0 Å². The van der Waals surface area contributed by atoms with Crippen LogP contribution < -0.4 is 10.1 Å². The molecule has 1 fully saturated rings. The van der Waals surface area contributed by atoms with E-state index in [0.717, 1.165) is 42.8 Å². The van der Waals surface area contributed by atoms with Crippen LogP contribution in [0.15, 0.2) is 36.7 Å². The first-order valence-corrected chi connectivity index (χ1v) is 9.28. The Morgan fingerprint density at radius 3 is 2.88 bits per heavy atom. The van der Waals surface area contributed by atoms with Gasteiger partial charge in [-0.25, -0.2) is 0 Å². The lowest BCUT2D eigenvalue weighted by Gasteiger charge is -2.25. The van der Waals surface area contributed by atoms with Gasteiger partial charge in [-0.1, -0.05) is 12.1 Å². The molecule has 6 nitrogen and oxygen atoms in total. The lowest BCUT2D eigenvalue weighted by molar-refractivity contribution is -0.131. The molecule has 0 aliphatic carbocycles. The molecule has 0 unspecified atom stereocenters. The summed E-state index contributed by atoms with van der Waals surface area (Å²) in [6.07, 6.45) is 6.65. The second kappa shape index (κ2) is 8.85. The fraction of sp³-hybridized carbons (Fsp3) is 0.500. The molecule has 1 N–H and O–H groups in total. The first kappa shape index (κ1) is 18.5. The van der Waals surface area contributed by atoms with Crippen molar-refractivity contribution < 1.29 is 9.53 Å². The Morgan fingerprint density at radius 1 is 1.35 bits per heavy atom. The van der Waals surface area contributed by atoms with E-state index in [2.05, 4.69) is 10.4 Å². The number of hydrogen-bond acceptors (Lipinski definition) is 4. The summed E-state index contributed by atoms with van der Waals surface area (Å²) >= 11 is 0. The van der Waals surface area contributed by atoms with Crippen molar-refractivity contribution in [2.45, 2.75) is 19.3 Å². The number of amides is 1. The molecule has 1 aliphatic rings. The van der Waals surface area contributed by atoms with E-state index in [1.54, 1.807) is 9.58 Å². The van der Waals surface area contributed by atoms with Crippen molar-refractivity contribution in [3.8, 4) is 16.9 Å². The molecule has 1 aliphatic heterocycles. The molecule has 26 heavy (non-hydrogen) atoms. The molecule has 6 heteroatoms. The molecule has 3 rings (SSSR count). The normalized spacial score (nSPS) is 15.0. The minimum absolute atomic E-state index is 0.213. The number of piperidine rings is 1. The van der Waals surface area contributed by atoms with Crippen LogP contribution in [0.2, 0.25) is 0 Å². The number of nitrogens with one attached hydrogen (secondary N) is 1. The van der Waals surface area contributed by atoms with Crippen molar-refractivity contribution in [3.05, 3.63) is 36.7 Å². The second-order valence-corrected chi connectivity index (χ2v) is 6.99. The van der Waals surface area contributed by atoms with E-state index in [9.17, 15) is 4.79 Å². The molecule has 0 atom stereocenters. The fourth-order valence-electron chi connectivity index (χ4n) is 3.25. The van der Waals surface area contributed by atoms with E-state index < -0.39 is 0 Å². The highest BCUT2D eigenvalue weighted by Crippen LogP contribution is 2.23. The SMILES string of the molecule is CN(CCOc1cccc(-c2cnn(C)c2)c1)C(=O)CC1CCNCC1. The Labute approximate surface area is 155 Å². The number of aromatic nitrogens is 2. The van der Waals surface area contributed by atoms with Crippen molar-refractivity contribution in [2.24, 2.45) is 13.0 Å². The first-order valence-electron chi connectivity index (χ1n) is 9.28. The minimum atomic E-state index is 0.213. The van der Waals surface area contributed by atoms with Crippen LogP contribution in [0.25, 0.3) is 11.1 Å². The molecule has 0 bridgehead atoms. The second-order valence-electron chi connectivity index (χ2n) is 6.99. The summed E-state index contributed by atoms with van der Waals surface area (Å²) in [6, 6.07) is 7.97. The smallest absolute Gasteiger partial charge is 0.222 e. The van der Waals surface area contributed by atoms with Crippen molar-refractivity contribution in [3.63, 3.8) is 0 Å². The third kappa shape index (κ3) is 5.08. The van der Waals surface area contributed by atoms with Crippen molar-refractivity contribution in [1.29, 1.82) is 0 Å². The van der Waals surface area contributed by atoms with Gasteiger partial charge in [-0.15, -0.1) is 0 Å². The monoisotopic (exact) mass is 356 g/mol. The number of likely N-dealkylation sites (N-methyl/N-ethyl adjacent to an activating group) is 1. The Balaban J connectivity index is 1.46. The maximum Gasteiger partial charge on any atom is 0.222 e. The van der Waals surface area contributed by atoms with E-state index in [1.165, 1.54) is 0 Å². The van der Waals surface area contributed by atoms with Crippen LogP contribution in [0.1, 0.15) is 19.3 Å². The first-order chi connectivity index (χ1) is 12.6. The number of benzene rings is 1. The maximum absolute atomic E-state index is 12.3. The van der Waals surface area contributed by atoms with Gasteiger partial charge in [-0.2, -0.15) is 5.10 Å². The average molecular weight is 356 g/mol. The number of aryl methyl sites for hydroxylation is 1. The molecular weight excluding hydrogens is 328 g/mol. The van der Waals surface area contributed by atoms with Gasteiger partial charge in [0.15, 0.2) is 0 Å². The van der Waals surface area contributed by atoms with Gasteiger partial charge >= 0.3 is 0 Å². The van der Waals surface area contributed by atoms with Crippen LogP contribution in [0.4, 0.5) is 0 Å². The predicted molar refractivity (Wildman–Crippen MR) is 102 cm³/mol. The van der Waals surface area contributed by atoms with E-state index in [-0.39, 0.29) is 5.91 Å². The van der Waals surface area contributed by atoms with Crippen molar-refractivity contribution in [2.75, 3.05) is 33.3 Å². The molecule has 2 heterocycles. The molecule has 1 amide bonds. The van der Waals surface area contributed by atoms with Gasteiger partial charge in [-0.05, 0) is 49.5 Å². The van der Waals surface area contributed by atoms with E-state index in [1.807, 2.05) is 50.8 Å². The van der Waals surface area contributed by atoms with Gasteiger partial charge in [0.05, 0.1) is 12.7 Å². The Bertz CT molecular complexity index is 722. The Kier molecular flexibility index (Phi) is 6.28. The summed E-state index contributed by atoms with van der Waals surface area (Å²) < 4.78 is 7.64. The topological polar surface area (TPSA) is 59.4 Å². The van der Waals surface area contributed by atoms with Crippen LogP contribution in [0, 0.1) is 5.92 Å². The Hall–Kier alpha value is -2.34. The number of rotatable bonds is 7. The van der Waals surface area contributed by atoms with Crippen LogP contribution in [0.3, 0.4) is 0 Å². The predicted octanol–water partition coefficient (Wildman–Crippen LogP) is 2.31. The largest absolute Gasteiger partial charge is 0.492 e. The third-order valence-electron chi connectivity index (χ3n) is 4.92. The molecule has 1 aromatic carbocycles. The number of hydrogen-bond donors (Lipinski definition) is 1. The number of nitrogens with zero attached hydrogens (tertiary/aromatic N) is 3. The Morgan fingerprint density at radius 2 is 2.15 bits per heavy atom. The lowest BCUT2D eigenvalue weighted by Crippen LogP contribution is -2.35. The van der Waals surface area contributed by atoms with E-state index >= 15 is 0 Å². The van der Waals surface area contributed by atoms with Gasteiger partial charge in [0.2, 0.25) is 5.91 Å². The van der Waals surface area contributed by atoms with Crippen LogP contribution in [0.5, 0.6) is 5.75 Å². The summed E-state index contributed by atoms with van der Waals surface area (Å²) in [5.41, 5.74) is 2.14. The molecule has 1 saturated heterocycles. The minimum Gasteiger partial charge on any atom is -0.492 e. The average Bonchev–Trinajstić information content (AvgIpc) is 3.09. The summed E-state index contributed by atoms with van der Waals surface area (Å²) in [7, 11) is 3.76. The van der Waals surface area contributed by atoms with E-state index in [0.29, 0.717) is 25.5 Å². The van der Waals surface area contributed by atoms with Gasteiger partial charge in [-0.3, -0.25) is 9.48 Å². The highest BCUT2D eigenvalue weighted by molar-refractivity contribution is 5.76. The third-order valence-corrected chi connectivity index (χ3v) is 4.92. The molecule has 140 valence electrons. The van der Waals surface area contributed by atoms with Gasteiger partial charge in [0, 0.05) is 32.3 Å². The molecule has 1 aromatic heterocycles. The summed E-state index contributed by atoms with van der Waals surface area (Å²) in [6.45, 7) is 3.14. The van der Waals surface area contributed by atoms with Gasteiger partial charge in [0.1, 0.15) is 12.4 Å². The molecule has 2 aromatic rings. The zero-order valence-electron chi connectivity index (χ0n) is 15.6. The van der Waals surface area contributed by atoms with Crippen molar-refractivity contribution in [1.82, 2.24) is 20.0 Å². The van der Waals surface area contributed by atoms with Crippen LogP contribution in [-0.4, -0.2) is 53.9 Å². The molecule has 0 spiro atoms. The summed E-state index contributed by atoms with van der Waals surface area (Å²) in [5, 5.41) is 7.54.